The van der Waals surface area contributed by atoms with E-state index in [1.807, 2.05) is 37.9 Å². The second-order valence-electron chi connectivity index (χ2n) is 7.52. The Bertz CT molecular complexity index is 812. The SMILES string of the molecule is CN=C(NCCc1c(OC)cc(OC)cc1OC)N1CCC(C)C(n2ccnc2)C1. The summed E-state index contributed by atoms with van der Waals surface area (Å²) in [6.07, 6.45) is 7.65. The third-order valence-electron chi connectivity index (χ3n) is 5.81. The normalized spacial score (nSPS) is 19.5. The van der Waals surface area contributed by atoms with Crippen molar-refractivity contribution >= 4 is 5.96 Å². The number of hydrogen-bond donors (Lipinski definition) is 1. The van der Waals surface area contributed by atoms with Crippen LogP contribution in [0.4, 0.5) is 0 Å². The number of nitrogens with zero attached hydrogens (tertiary/aromatic N) is 4. The van der Waals surface area contributed by atoms with Crippen LogP contribution in [0.1, 0.15) is 24.9 Å². The van der Waals surface area contributed by atoms with Gasteiger partial charge in [-0.2, -0.15) is 0 Å². The average Bonchev–Trinajstić information content (AvgIpc) is 3.31. The molecule has 1 aromatic heterocycles. The Labute approximate surface area is 178 Å². The predicted octanol–water partition coefficient (Wildman–Crippen LogP) is 2.61. The summed E-state index contributed by atoms with van der Waals surface area (Å²) in [7, 11) is 6.79. The van der Waals surface area contributed by atoms with Gasteiger partial charge >= 0.3 is 0 Å². The van der Waals surface area contributed by atoms with E-state index in [-0.39, 0.29) is 0 Å². The summed E-state index contributed by atoms with van der Waals surface area (Å²) in [5.41, 5.74) is 1.01. The molecule has 1 N–H and O–H groups in total. The van der Waals surface area contributed by atoms with Gasteiger partial charge in [-0.05, 0) is 18.8 Å². The molecule has 1 fully saturated rings. The molecule has 0 spiro atoms. The van der Waals surface area contributed by atoms with Crippen molar-refractivity contribution < 1.29 is 14.2 Å². The van der Waals surface area contributed by atoms with Crippen LogP contribution in [0, 0.1) is 5.92 Å². The maximum atomic E-state index is 5.56. The number of guanidine groups is 1. The summed E-state index contributed by atoms with van der Waals surface area (Å²) in [5, 5.41) is 3.51. The van der Waals surface area contributed by atoms with Crippen molar-refractivity contribution in [1.82, 2.24) is 19.8 Å². The van der Waals surface area contributed by atoms with Crippen molar-refractivity contribution in [3.63, 3.8) is 0 Å². The molecule has 1 aliphatic heterocycles. The lowest BCUT2D eigenvalue weighted by Gasteiger charge is -2.39. The number of nitrogens with one attached hydrogen (secondary N) is 1. The fraction of sp³-hybridized carbons (Fsp3) is 0.545. The van der Waals surface area contributed by atoms with E-state index in [0.29, 0.717) is 24.3 Å². The quantitative estimate of drug-likeness (QED) is 0.554. The molecule has 3 rings (SSSR count). The van der Waals surface area contributed by atoms with Crippen molar-refractivity contribution in [2.24, 2.45) is 10.9 Å². The van der Waals surface area contributed by atoms with E-state index in [1.165, 1.54) is 0 Å². The van der Waals surface area contributed by atoms with Gasteiger partial charge in [-0.25, -0.2) is 4.98 Å². The number of methoxy groups -OCH3 is 3. The lowest BCUT2D eigenvalue weighted by atomic mass is 9.93. The average molecular weight is 416 g/mol. The van der Waals surface area contributed by atoms with Crippen LogP contribution >= 0.6 is 0 Å². The van der Waals surface area contributed by atoms with Gasteiger partial charge in [0.25, 0.3) is 0 Å². The molecule has 164 valence electrons. The molecular formula is C22H33N5O3. The minimum absolute atomic E-state index is 0.390. The van der Waals surface area contributed by atoms with Crippen LogP contribution in [0.2, 0.25) is 0 Å². The van der Waals surface area contributed by atoms with Gasteiger partial charge in [0.05, 0.1) is 33.7 Å². The molecule has 2 atom stereocenters. The number of rotatable bonds is 7. The molecule has 2 unspecified atom stereocenters. The highest BCUT2D eigenvalue weighted by Gasteiger charge is 2.28. The van der Waals surface area contributed by atoms with Crippen molar-refractivity contribution in [2.45, 2.75) is 25.8 Å². The van der Waals surface area contributed by atoms with Gasteiger partial charge in [0.1, 0.15) is 17.2 Å². The zero-order valence-corrected chi connectivity index (χ0v) is 18.6. The minimum Gasteiger partial charge on any atom is -0.496 e. The van der Waals surface area contributed by atoms with E-state index in [2.05, 4.69) is 31.7 Å². The number of aliphatic imine (C=N–C) groups is 1. The van der Waals surface area contributed by atoms with E-state index in [0.717, 1.165) is 49.0 Å². The van der Waals surface area contributed by atoms with E-state index in [9.17, 15) is 0 Å². The lowest BCUT2D eigenvalue weighted by Crippen LogP contribution is -2.49. The Kier molecular flexibility index (Phi) is 7.43. The van der Waals surface area contributed by atoms with Crippen LogP contribution in [0.15, 0.2) is 35.8 Å². The molecule has 2 aromatic rings. The number of likely N-dealkylation sites (tertiary alicyclic amines) is 1. The molecule has 0 aliphatic carbocycles. The van der Waals surface area contributed by atoms with Crippen LogP contribution in [0.3, 0.4) is 0 Å². The molecule has 2 heterocycles. The summed E-state index contributed by atoms with van der Waals surface area (Å²) in [6.45, 7) is 4.92. The van der Waals surface area contributed by atoms with Gasteiger partial charge in [-0.1, -0.05) is 6.92 Å². The summed E-state index contributed by atoms with van der Waals surface area (Å²) < 4.78 is 18.7. The zero-order chi connectivity index (χ0) is 21.5. The molecule has 1 saturated heterocycles. The first-order valence-electron chi connectivity index (χ1n) is 10.3. The Morgan fingerprint density at radius 2 is 1.93 bits per heavy atom. The van der Waals surface area contributed by atoms with E-state index in [1.54, 1.807) is 21.3 Å². The number of benzene rings is 1. The predicted molar refractivity (Wildman–Crippen MR) is 118 cm³/mol. The maximum Gasteiger partial charge on any atom is 0.193 e. The van der Waals surface area contributed by atoms with E-state index < -0.39 is 0 Å². The first-order valence-corrected chi connectivity index (χ1v) is 10.3. The highest BCUT2D eigenvalue weighted by molar-refractivity contribution is 5.80. The highest BCUT2D eigenvalue weighted by Crippen LogP contribution is 2.34. The molecule has 0 bridgehead atoms. The Balaban J connectivity index is 1.65. The molecule has 1 aromatic carbocycles. The molecule has 0 amide bonds. The van der Waals surface area contributed by atoms with Gasteiger partial charge in [0.15, 0.2) is 5.96 Å². The van der Waals surface area contributed by atoms with Crippen LogP contribution in [0.5, 0.6) is 17.2 Å². The van der Waals surface area contributed by atoms with Gasteiger partial charge in [-0.15, -0.1) is 0 Å². The number of piperidine rings is 1. The molecule has 0 radical (unpaired) electrons. The van der Waals surface area contributed by atoms with Crippen LogP contribution in [0.25, 0.3) is 0 Å². The zero-order valence-electron chi connectivity index (χ0n) is 18.6. The highest BCUT2D eigenvalue weighted by atomic mass is 16.5. The fourth-order valence-electron chi connectivity index (χ4n) is 4.05. The first kappa shape index (κ1) is 21.8. The van der Waals surface area contributed by atoms with Crippen LogP contribution in [-0.2, 0) is 6.42 Å². The van der Waals surface area contributed by atoms with Gasteiger partial charge < -0.3 is 29.0 Å². The standard InChI is InChI=1S/C22H33N5O3/c1-16-7-10-26(14-19(16)27-11-9-24-15-27)22(23-2)25-8-6-18-20(29-4)12-17(28-3)13-21(18)30-5/h9,11-13,15-16,19H,6-8,10,14H2,1-5H3,(H,23,25). The molecule has 8 nitrogen and oxygen atoms in total. The summed E-state index contributed by atoms with van der Waals surface area (Å²) in [4.78, 5) is 11.1. The Hall–Kier alpha value is -2.90. The van der Waals surface area contributed by atoms with E-state index in [4.69, 9.17) is 14.2 Å². The fourth-order valence-corrected chi connectivity index (χ4v) is 4.05. The molecular weight excluding hydrogens is 382 g/mol. The largest absolute Gasteiger partial charge is 0.496 e. The summed E-state index contributed by atoms with van der Waals surface area (Å²) in [5.74, 6) is 3.74. The van der Waals surface area contributed by atoms with Crippen molar-refractivity contribution in [2.75, 3.05) is 48.0 Å². The van der Waals surface area contributed by atoms with Crippen LogP contribution in [-0.4, -0.2) is 68.4 Å². The van der Waals surface area contributed by atoms with E-state index >= 15 is 0 Å². The number of imidazole rings is 1. The van der Waals surface area contributed by atoms with Crippen molar-refractivity contribution in [3.05, 3.63) is 36.4 Å². The second-order valence-corrected chi connectivity index (χ2v) is 7.52. The van der Waals surface area contributed by atoms with Crippen molar-refractivity contribution in [3.8, 4) is 17.2 Å². The molecule has 8 heteroatoms. The smallest absolute Gasteiger partial charge is 0.193 e. The third kappa shape index (κ3) is 4.80. The number of ether oxygens (including phenoxy) is 3. The van der Waals surface area contributed by atoms with Crippen molar-refractivity contribution in [1.29, 1.82) is 0 Å². The monoisotopic (exact) mass is 415 g/mol. The summed E-state index contributed by atoms with van der Waals surface area (Å²) >= 11 is 0. The maximum absolute atomic E-state index is 5.56. The number of hydrogen-bond acceptors (Lipinski definition) is 5. The molecule has 0 saturated carbocycles. The Morgan fingerprint density at radius 1 is 1.20 bits per heavy atom. The topological polar surface area (TPSA) is 73.1 Å². The molecule has 1 aliphatic rings. The number of aromatic nitrogens is 2. The Morgan fingerprint density at radius 3 is 2.50 bits per heavy atom. The summed E-state index contributed by atoms with van der Waals surface area (Å²) in [6, 6.07) is 4.16. The van der Waals surface area contributed by atoms with Gasteiger partial charge in [0.2, 0.25) is 0 Å². The van der Waals surface area contributed by atoms with Gasteiger partial charge in [-0.3, -0.25) is 4.99 Å². The minimum atomic E-state index is 0.390. The first-order chi connectivity index (χ1) is 14.6. The second kappa shape index (κ2) is 10.2. The lowest BCUT2D eigenvalue weighted by molar-refractivity contribution is 0.189. The molecule has 30 heavy (non-hydrogen) atoms. The van der Waals surface area contributed by atoms with Gasteiger partial charge in [0, 0.05) is 56.8 Å². The van der Waals surface area contributed by atoms with Crippen LogP contribution < -0.4 is 19.5 Å². The third-order valence-corrected chi connectivity index (χ3v) is 5.81.